The Morgan fingerprint density at radius 3 is 2.87 bits per heavy atom. The van der Waals surface area contributed by atoms with Crippen LogP contribution in [-0.4, -0.2) is 47.4 Å². The van der Waals surface area contributed by atoms with E-state index in [1.54, 1.807) is 6.20 Å². The van der Waals surface area contributed by atoms with Crippen LogP contribution in [-0.2, 0) is 0 Å². The predicted octanol–water partition coefficient (Wildman–Crippen LogP) is -0.0685. The number of hydrogen-bond acceptors (Lipinski definition) is 4. The molecule has 5 nitrogen and oxygen atoms in total. The zero-order valence-corrected chi connectivity index (χ0v) is 9.19. The monoisotopic (exact) mass is 209 g/mol. The van der Waals surface area contributed by atoms with Gasteiger partial charge in [-0.2, -0.15) is 5.10 Å². The second-order valence-electron chi connectivity index (χ2n) is 4.15. The largest absolute Gasteiger partial charge is 0.396 e. The van der Waals surface area contributed by atoms with Crippen LogP contribution >= 0.6 is 0 Å². The molecular formula is C10H19N5. The molecule has 2 rings (SSSR count). The topological polar surface area (TPSA) is 59.1 Å². The molecule has 1 fully saturated rings. The van der Waals surface area contributed by atoms with Gasteiger partial charge in [-0.25, -0.2) is 0 Å². The lowest BCUT2D eigenvalue weighted by atomic mass is 10.3. The van der Waals surface area contributed by atoms with Gasteiger partial charge in [-0.3, -0.25) is 9.58 Å². The molecule has 0 radical (unpaired) electrons. The molecule has 0 aromatic carbocycles. The fourth-order valence-electron chi connectivity index (χ4n) is 1.94. The van der Waals surface area contributed by atoms with Gasteiger partial charge in [0, 0.05) is 38.9 Å². The van der Waals surface area contributed by atoms with Crippen LogP contribution in [0.5, 0.6) is 0 Å². The number of aromatic nitrogens is 2. The van der Waals surface area contributed by atoms with Gasteiger partial charge < -0.3 is 11.1 Å². The van der Waals surface area contributed by atoms with Gasteiger partial charge in [0.05, 0.1) is 17.9 Å². The number of nitrogens with two attached hydrogens (primary N) is 1. The van der Waals surface area contributed by atoms with Gasteiger partial charge in [0.2, 0.25) is 0 Å². The van der Waals surface area contributed by atoms with E-state index in [-0.39, 0.29) is 0 Å². The minimum Gasteiger partial charge on any atom is -0.396 e. The van der Waals surface area contributed by atoms with Gasteiger partial charge in [0.1, 0.15) is 0 Å². The van der Waals surface area contributed by atoms with Crippen molar-refractivity contribution in [1.29, 1.82) is 0 Å². The first-order chi connectivity index (χ1) is 7.25. The van der Waals surface area contributed by atoms with Crippen LogP contribution in [0.3, 0.4) is 0 Å². The van der Waals surface area contributed by atoms with Crippen molar-refractivity contribution in [3.8, 4) is 0 Å². The highest BCUT2D eigenvalue weighted by Crippen LogP contribution is 2.09. The van der Waals surface area contributed by atoms with E-state index in [2.05, 4.69) is 22.2 Å². The number of nitrogens with one attached hydrogen (secondary N) is 1. The minimum atomic E-state index is 0.389. The molecule has 1 aromatic heterocycles. The Hall–Kier alpha value is -1.07. The van der Waals surface area contributed by atoms with Crippen LogP contribution < -0.4 is 11.1 Å². The van der Waals surface area contributed by atoms with Gasteiger partial charge in [-0.1, -0.05) is 0 Å². The summed E-state index contributed by atoms with van der Waals surface area (Å²) in [6, 6.07) is 0.389. The Morgan fingerprint density at radius 2 is 2.27 bits per heavy atom. The quantitative estimate of drug-likeness (QED) is 0.731. The molecule has 1 aliphatic heterocycles. The van der Waals surface area contributed by atoms with E-state index in [0.717, 1.165) is 38.4 Å². The molecule has 0 amide bonds. The molecule has 84 valence electrons. The SMILES string of the molecule is CC(CN1CCNCC1)n1cc(N)cn1. The van der Waals surface area contributed by atoms with Crippen molar-refractivity contribution in [2.45, 2.75) is 13.0 Å². The van der Waals surface area contributed by atoms with Crippen molar-refractivity contribution >= 4 is 5.69 Å². The van der Waals surface area contributed by atoms with E-state index in [1.807, 2.05) is 10.9 Å². The molecule has 1 unspecified atom stereocenters. The molecule has 1 atom stereocenters. The maximum Gasteiger partial charge on any atom is 0.0719 e. The zero-order chi connectivity index (χ0) is 10.7. The van der Waals surface area contributed by atoms with Crippen LogP contribution in [0.15, 0.2) is 12.4 Å². The van der Waals surface area contributed by atoms with E-state index in [0.29, 0.717) is 6.04 Å². The van der Waals surface area contributed by atoms with Gasteiger partial charge in [0.15, 0.2) is 0 Å². The first-order valence-electron chi connectivity index (χ1n) is 5.48. The highest BCUT2D eigenvalue weighted by Gasteiger charge is 2.14. The van der Waals surface area contributed by atoms with E-state index in [9.17, 15) is 0 Å². The van der Waals surface area contributed by atoms with Crippen molar-refractivity contribution in [3.63, 3.8) is 0 Å². The molecule has 15 heavy (non-hydrogen) atoms. The van der Waals surface area contributed by atoms with Crippen LogP contribution in [0.4, 0.5) is 5.69 Å². The fraction of sp³-hybridized carbons (Fsp3) is 0.700. The average molecular weight is 209 g/mol. The number of piperazine rings is 1. The number of hydrogen-bond donors (Lipinski definition) is 2. The number of nitrogens with zero attached hydrogens (tertiary/aromatic N) is 3. The maximum atomic E-state index is 5.64. The smallest absolute Gasteiger partial charge is 0.0719 e. The van der Waals surface area contributed by atoms with E-state index < -0.39 is 0 Å². The first-order valence-corrected chi connectivity index (χ1v) is 5.48. The summed E-state index contributed by atoms with van der Waals surface area (Å²) in [5.41, 5.74) is 6.38. The molecule has 0 spiro atoms. The Kier molecular flexibility index (Phi) is 3.23. The molecule has 0 bridgehead atoms. The third kappa shape index (κ3) is 2.70. The molecule has 1 aromatic rings. The summed E-state index contributed by atoms with van der Waals surface area (Å²) in [4.78, 5) is 2.46. The Labute approximate surface area is 90.2 Å². The number of anilines is 1. The average Bonchev–Trinajstić information content (AvgIpc) is 2.66. The minimum absolute atomic E-state index is 0.389. The van der Waals surface area contributed by atoms with Gasteiger partial charge in [0.25, 0.3) is 0 Å². The molecule has 1 saturated heterocycles. The highest BCUT2D eigenvalue weighted by atomic mass is 15.3. The third-order valence-corrected chi connectivity index (χ3v) is 2.81. The zero-order valence-electron chi connectivity index (χ0n) is 9.19. The molecule has 3 N–H and O–H groups in total. The molecular weight excluding hydrogens is 190 g/mol. The summed E-state index contributed by atoms with van der Waals surface area (Å²) in [7, 11) is 0. The summed E-state index contributed by atoms with van der Waals surface area (Å²) in [6.07, 6.45) is 3.60. The molecule has 0 saturated carbocycles. The van der Waals surface area contributed by atoms with Gasteiger partial charge >= 0.3 is 0 Å². The number of rotatable bonds is 3. The maximum absolute atomic E-state index is 5.64. The standard InChI is InChI=1S/C10H19N5/c1-9(15-8-10(11)6-13-15)7-14-4-2-12-3-5-14/h6,8-9,12H,2-5,7,11H2,1H3. The normalized spacial score (nSPS) is 20.3. The van der Waals surface area contributed by atoms with E-state index in [4.69, 9.17) is 5.73 Å². The van der Waals surface area contributed by atoms with Gasteiger partial charge in [-0.05, 0) is 6.92 Å². The Balaban J connectivity index is 1.88. The van der Waals surface area contributed by atoms with Crippen molar-refractivity contribution in [3.05, 3.63) is 12.4 Å². The van der Waals surface area contributed by atoms with Crippen LogP contribution in [0.1, 0.15) is 13.0 Å². The number of nitrogen functional groups attached to an aromatic ring is 1. The molecule has 1 aliphatic rings. The summed E-state index contributed by atoms with van der Waals surface area (Å²) in [6.45, 7) is 7.65. The van der Waals surface area contributed by atoms with Crippen LogP contribution in [0.25, 0.3) is 0 Å². The highest BCUT2D eigenvalue weighted by molar-refractivity contribution is 5.30. The molecule has 2 heterocycles. The molecule has 0 aliphatic carbocycles. The summed E-state index contributed by atoms with van der Waals surface area (Å²) >= 11 is 0. The van der Waals surface area contributed by atoms with E-state index >= 15 is 0 Å². The van der Waals surface area contributed by atoms with Crippen molar-refractivity contribution in [1.82, 2.24) is 20.0 Å². The second kappa shape index (κ2) is 4.63. The lowest BCUT2D eigenvalue weighted by molar-refractivity contribution is 0.207. The third-order valence-electron chi connectivity index (χ3n) is 2.81. The predicted molar refractivity (Wildman–Crippen MR) is 60.7 cm³/mol. The summed E-state index contributed by atoms with van der Waals surface area (Å²) in [5, 5.41) is 7.58. The van der Waals surface area contributed by atoms with Crippen molar-refractivity contribution in [2.75, 3.05) is 38.5 Å². The Bertz CT molecular complexity index is 303. The second-order valence-corrected chi connectivity index (χ2v) is 4.15. The Morgan fingerprint density at radius 1 is 1.53 bits per heavy atom. The lowest BCUT2D eigenvalue weighted by Gasteiger charge is -2.29. The summed E-state index contributed by atoms with van der Waals surface area (Å²) < 4.78 is 1.94. The van der Waals surface area contributed by atoms with Crippen molar-refractivity contribution < 1.29 is 0 Å². The van der Waals surface area contributed by atoms with Crippen molar-refractivity contribution in [2.24, 2.45) is 0 Å². The first kappa shape index (κ1) is 10.4. The van der Waals surface area contributed by atoms with Gasteiger partial charge in [-0.15, -0.1) is 0 Å². The summed E-state index contributed by atoms with van der Waals surface area (Å²) in [5.74, 6) is 0. The van der Waals surface area contributed by atoms with Crippen LogP contribution in [0.2, 0.25) is 0 Å². The molecule has 5 heteroatoms. The fourth-order valence-corrected chi connectivity index (χ4v) is 1.94. The lowest BCUT2D eigenvalue weighted by Crippen LogP contribution is -2.45. The van der Waals surface area contributed by atoms with E-state index in [1.165, 1.54) is 0 Å². The van der Waals surface area contributed by atoms with Crippen LogP contribution in [0, 0.1) is 0 Å².